The van der Waals surface area contributed by atoms with Crippen molar-refractivity contribution in [3.8, 4) is 0 Å². The summed E-state index contributed by atoms with van der Waals surface area (Å²) in [6.07, 6.45) is 0.689. The van der Waals surface area contributed by atoms with Gasteiger partial charge in [0.2, 0.25) is 0 Å². The van der Waals surface area contributed by atoms with Crippen LogP contribution in [-0.2, 0) is 14.3 Å². The molecule has 0 fully saturated rings. The van der Waals surface area contributed by atoms with E-state index in [9.17, 15) is 4.79 Å². The van der Waals surface area contributed by atoms with Gasteiger partial charge >= 0.3 is 5.97 Å². The first-order valence-corrected chi connectivity index (χ1v) is 6.18. The molecule has 1 aromatic carbocycles. The van der Waals surface area contributed by atoms with Crippen LogP contribution in [-0.4, -0.2) is 30.6 Å². The topological polar surface area (TPSA) is 68.1 Å². The first kappa shape index (κ1) is 15.2. The van der Waals surface area contributed by atoms with E-state index < -0.39 is 5.97 Å². The molecule has 0 aliphatic rings. The lowest BCUT2D eigenvalue weighted by Gasteiger charge is -2.15. The Morgan fingerprint density at radius 1 is 1.37 bits per heavy atom. The fraction of sp³-hybridized carbons (Fsp3) is 0.429. The van der Waals surface area contributed by atoms with Gasteiger partial charge in [0.1, 0.15) is 0 Å². The molecule has 1 rings (SSSR count). The zero-order chi connectivity index (χ0) is 14.1. The van der Waals surface area contributed by atoms with Crippen LogP contribution in [0.1, 0.15) is 31.4 Å². The van der Waals surface area contributed by atoms with Crippen LogP contribution in [0, 0.1) is 0 Å². The van der Waals surface area contributed by atoms with Crippen LogP contribution in [0.4, 0.5) is 0 Å². The fourth-order valence-corrected chi connectivity index (χ4v) is 1.76. The third-order valence-corrected chi connectivity index (χ3v) is 2.73. The van der Waals surface area contributed by atoms with Crippen molar-refractivity contribution in [3.05, 3.63) is 35.9 Å². The number of rotatable bonds is 7. The minimum atomic E-state index is -0.590. The van der Waals surface area contributed by atoms with Gasteiger partial charge in [0.25, 0.3) is 0 Å². The highest BCUT2D eigenvalue weighted by Gasteiger charge is 2.17. The summed E-state index contributed by atoms with van der Waals surface area (Å²) in [5.74, 6) is -0.590. The van der Waals surface area contributed by atoms with Crippen molar-refractivity contribution in [3.63, 3.8) is 0 Å². The number of esters is 1. The molecule has 0 radical (unpaired) electrons. The van der Waals surface area contributed by atoms with Crippen molar-refractivity contribution >= 4 is 11.7 Å². The molecule has 0 spiro atoms. The second kappa shape index (κ2) is 8.26. The Hall–Kier alpha value is -1.88. The molecule has 1 unspecified atom stereocenters. The number of hydrogen-bond donors (Lipinski definition) is 1. The summed E-state index contributed by atoms with van der Waals surface area (Å²) in [4.78, 5) is 11.5. The Kier molecular flexibility index (Phi) is 6.60. The summed E-state index contributed by atoms with van der Waals surface area (Å²) in [6, 6.07) is 9.68. The van der Waals surface area contributed by atoms with Gasteiger partial charge in [-0.05, 0) is 18.9 Å². The largest absolute Gasteiger partial charge is 0.461 e. The first-order valence-electron chi connectivity index (χ1n) is 6.18. The number of ether oxygens (including phenoxy) is 2. The van der Waals surface area contributed by atoms with Gasteiger partial charge in [-0.3, -0.25) is 0 Å². The van der Waals surface area contributed by atoms with Gasteiger partial charge < -0.3 is 14.7 Å². The molecule has 0 aromatic heterocycles. The summed E-state index contributed by atoms with van der Waals surface area (Å²) in [5.41, 5.74) is 1.03. The summed E-state index contributed by atoms with van der Waals surface area (Å²) in [7, 11) is 1.61. The van der Waals surface area contributed by atoms with Crippen molar-refractivity contribution in [2.24, 2.45) is 5.16 Å². The minimum absolute atomic E-state index is 0.0137. The third-order valence-electron chi connectivity index (χ3n) is 2.73. The van der Waals surface area contributed by atoms with Gasteiger partial charge in [0.05, 0.1) is 12.7 Å². The van der Waals surface area contributed by atoms with Crippen molar-refractivity contribution in [1.82, 2.24) is 0 Å². The SMILES string of the molecule is CCOC(=O)/C(CCC(OC)c1ccccc1)=N\O. The quantitative estimate of drug-likeness (QED) is 0.356. The van der Waals surface area contributed by atoms with Crippen LogP contribution in [0.15, 0.2) is 35.5 Å². The molecule has 0 heterocycles. The molecular formula is C14H19NO4. The van der Waals surface area contributed by atoms with Gasteiger partial charge in [-0.15, -0.1) is 0 Å². The second-order valence-corrected chi connectivity index (χ2v) is 3.94. The predicted octanol–water partition coefficient (Wildman–Crippen LogP) is 2.55. The molecule has 5 heteroatoms. The zero-order valence-corrected chi connectivity index (χ0v) is 11.2. The van der Waals surface area contributed by atoms with E-state index in [1.54, 1.807) is 14.0 Å². The Morgan fingerprint density at radius 2 is 2.05 bits per heavy atom. The van der Waals surface area contributed by atoms with E-state index in [4.69, 9.17) is 14.7 Å². The van der Waals surface area contributed by atoms with Crippen molar-refractivity contribution in [2.45, 2.75) is 25.9 Å². The number of carbonyl (C=O) groups is 1. The standard InChI is InChI=1S/C14H19NO4/c1-3-19-14(16)12(15-17)9-10-13(18-2)11-7-5-4-6-8-11/h4-8,13,17H,3,9-10H2,1-2H3/b15-12-. The van der Waals surface area contributed by atoms with Gasteiger partial charge in [-0.1, -0.05) is 35.5 Å². The first-order chi connectivity index (χ1) is 9.22. The molecule has 0 saturated heterocycles. The molecule has 5 nitrogen and oxygen atoms in total. The Balaban J connectivity index is 2.60. The van der Waals surface area contributed by atoms with Crippen LogP contribution < -0.4 is 0 Å². The summed E-state index contributed by atoms with van der Waals surface area (Å²) in [5, 5.41) is 11.8. The van der Waals surface area contributed by atoms with Gasteiger partial charge in [-0.2, -0.15) is 0 Å². The van der Waals surface area contributed by atoms with E-state index in [0.29, 0.717) is 12.8 Å². The molecule has 0 amide bonds. The van der Waals surface area contributed by atoms with E-state index in [-0.39, 0.29) is 18.4 Å². The Labute approximate surface area is 112 Å². The minimum Gasteiger partial charge on any atom is -0.461 e. The maximum Gasteiger partial charge on any atom is 0.356 e. The lowest BCUT2D eigenvalue weighted by Crippen LogP contribution is -2.18. The maximum absolute atomic E-state index is 11.5. The molecule has 0 bridgehead atoms. The monoisotopic (exact) mass is 265 g/mol. The van der Waals surface area contributed by atoms with E-state index >= 15 is 0 Å². The molecule has 1 atom stereocenters. The third kappa shape index (κ3) is 4.71. The van der Waals surface area contributed by atoms with E-state index in [1.807, 2.05) is 30.3 Å². The van der Waals surface area contributed by atoms with E-state index in [2.05, 4.69) is 5.16 Å². The maximum atomic E-state index is 11.5. The lowest BCUT2D eigenvalue weighted by molar-refractivity contribution is -0.135. The van der Waals surface area contributed by atoms with Gasteiger partial charge in [-0.25, -0.2) is 4.79 Å². The number of methoxy groups -OCH3 is 1. The Morgan fingerprint density at radius 3 is 2.58 bits per heavy atom. The molecule has 1 N–H and O–H groups in total. The van der Waals surface area contributed by atoms with Gasteiger partial charge in [0, 0.05) is 13.5 Å². The number of nitrogens with zero attached hydrogens (tertiary/aromatic N) is 1. The van der Waals surface area contributed by atoms with Crippen molar-refractivity contribution in [1.29, 1.82) is 0 Å². The summed E-state index contributed by atoms with van der Waals surface area (Å²) >= 11 is 0. The normalized spacial score (nSPS) is 13.1. The highest BCUT2D eigenvalue weighted by molar-refractivity contribution is 6.36. The van der Waals surface area contributed by atoms with E-state index in [1.165, 1.54) is 0 Å². The van der Waals surface area contributed by atoms with Crippen molar-refractivity contribution < 1.29 is 19.5 Å². The molecule has 1 aromatic rings. The summed E-state index contributed by atoms with van der Waals surface area (Å²) < 4.78 is 10.2. The highest BCUT2D eigenvalue weighted by Crippen LogP contribution is 2.22. The molecule has 0 aliphatic heterocycles. The van der Waals surface area contributed by atoms with Crippen LogP contribution >= 0.6 is 0 Å². The lowest BCUT2D eigenvalue weighted by atomic mass is 10.0. The van der Waals surface area contributed by atoms with Gasteiger partial charge in [0.15, 0.2) is 5.71 Å². The zero-order valence-electron chi connectivity index (χ0n) is 11.2. The molecule has 0 aliphatic carbocycles. The second-order valence-electron chi connectivity index (χ2n) is 3.94. The number of carbonyl (C=O) groups excluding carboxylic acids is 1. The van der Waals surface area contributed by atoms with Crippen LogP contribution in [0.2, 0.25) is 0 Å². The number of benzene rings is 1. The van der Waals surface area contributed by atoms with E-state index in [0.717, 1.165) is 5.56 Å². The highest BCUT2D eigenvalue weighted by atomic mass is 16.5. The molecule has 19 heavy (non-hydrogen) atoms. The molecule has 104 valence electrons. The smallest absolute Gasteiger partial charge is 0.356 e. The Bertz CT molecular complexity index is 417. The molecular weight excluding hydrogens is 246 g/mol. The van der Waals surface area contributed by atoms with Crippen LogP contribution in [0.25, 0.3) is 0 Å². The number of hydrogen-bond acceptors (Lipinski definition) is 5. The van der Waals surface area contributed by atoms with Crippen LogP contribution in [0.5, 0.6) is 0 Å². The molecule has 0 saturated carbocycles. The average molecular weight is 265 g/mol. The fourth-order valence-electron chi connectivity index (χ4n) is 1.76. The van der Waals surface area contributed by atoms with Crippen molar-refractivity contribution in [2.75, 3.05) is 13.7 Å². The average Bonchev–Trinajstić information content (AvgIpc) is 2.45. The number of oxime groups is 1. The van der Waals surface area contributed by atoms with Crippen LogP contribution in [0.3, 0.4) is 0 Å². The summed E-state index contributed by atoms with van der Waals surface area (Å²) in [6.45, 7) is 1.96. The predicted molar refractivity (Wildman–Crippen MR) is 71.3 cm³/mol.